The maximum Gasteiger partial charge on any atom is 0.410 e. The highest BCUT2D eigenvalue weighted by atomic mass is 19.4. The van der Waals surface area contributed by atoms with Gasteiger partial charge in [-0.2, -0.15) is 18.2 Å². The van der Waals surface area contributed by atoms with Gasteiger partial charge >= 0.3 is 6.18 Å². The first kappa shape index (κ1) is 22.4. The molecule has 0 saturated carbocycles. The predicted octanol–water partition coefficient (Wildman–Crippen LogP) is 5.92. The minimum Gasteiger partial charge on any atom is -0.493 e. The Morgan fingerprint density at radius 3 is 2.50 bits per heavy atom. The van der Waals surface area contributed by atoms with Gasteiger partial charge in [0.2, 0.25) is 5.91 Å². The molecule has 0 aromatic heterocycles. The highest BCUT2D eigenvalue weighted by molar-refractivity contribution is 5.88. The molecule has 1 heterocycles. The molecule has 0 spiro atoms. The Balaban J connectivity index is 2.09. The highest BCUT2D eigenvalue weighted by Crippen LogP contribution is 2.48. The van der Waals surface area contributed by atoms with Crippen LogP contribution in [-0.2, 0) is 4.79 Å². The van der Waals surface area contributed by atoms with E-state index in [0.717, 1.165) is 30.7 Å². The molecule has 0 aliphatic carbocycles. The first-order chi connectivity index (χ1) is 14.1. The Labute approximate surface area is 175 Å². The molecule has 3 rings (SSSR count). The highest BCUT2D eigenvalue weighted by Gasteiger charge is 2.54. The number of unbranched alkanes of at least 4 members (excludes halogenated alkanes) is 3. The maximum atomic E-state index is 14.5. The summed E-state index contributed by atoms with van der Waals surface area (Å²) >= 11 is 0. The van der Waals surface area contributed by atoms with Crippen LogP contribution in [0.25, 0.3) is 10.8 Å². The van der Waals surface area contributed by atoms with Crippen molar-refractivity contribution in [3.05, 3.63) is 42.0 Å². The van der Waals surface area contributed by atoms with Crippen molar-refractivity contribution in [3.63, 3.8) is 0 Å². The second kappa shape index (κ2) is 8.84. The van der Waals surface area contributed by atoms with Crippen molar-refractivity contribution in [1.82, 2.24) is 10.4 Å². The van der Waals surface area contributed by atoms with Crippen LogP contribution in [0.4, 0.5) is 13.2 Å². The predicted molar refractivity (Wildman–Crippen MR) is 111 cm³/mol. The molecule has 4 nitrogen and oxygen atoms in total. The zero-order chi connectivity index (χ0) is 21.9. The summed E-state index contributed by atoms with van der Waals surface area (Å²) in [5.41, 5.74) is 1.50. The lowest BCUT2D eigenvalue weighted by molar-refractivity contribution is -0.203. The number of benzene rings is 2. The van der Waals surface area contributed by atoms with Crippen LogP contribution in [0.1, 0.15) is 64.5 Å². The molecule has 2 aromatic carbocycles. The van der Waals surface area contributed by atoms with Gasteiger partial charge in [0.1, 0.15) is 5.75 Å². The monoisotopic (exact) mass is 422 g/mol. The van der Waals surface area contributed by atoms with Gasteiger partial charge < -0.3 is 4.74 Å². The van der Waals surface area contributed by atoms with Crippen LogP contribution in [0.3, 0.4) is 0 Å². The smallest absolute Gasteiger partial charge is 0.410 e. The Bertz CT molecular complexity index is 896. The quantitative estimate of drug-likeness (QED) is 0.537. The van der Waals surface area contributed by atoms with Gasteiger partial charge in [-0.3, -0.25) is 10.2 Å². The largest absolute Gasteiger partial charge is 0.493 e. The van der Waals surface area contributed by atoms with Crippen LogP contribution in [0, 0.1) is 0 Å². The van der Waals surface area contributed by atoms with E-state index in [9.17, 15) is 18.0 Å². The number of fused-ring (bicyclic) bond motifs is 1. The molecule has 1 aliphatic heterocycles. The van der Waals surface area contributed by atoms with Crippen molar-refractivity contribution in [3.8, 4) is 5.75 Å². The number of carbonyl (C=O) groups excluding carboxylic acids is 1. The van der Waals surface area contributed by atoms with E-state index in [1.165, 1.54) is 0 Å². The van der Waals surface area contributed by atoms with Gasteiger partial charge in [0.15, 0.2) is 6.04 Å². The summed E-state index contributed by atoms with van der Waals surface area (Å²) in [6, 6.07) is 8.35. The van der Waals surface area contributed by atoms with Crippen LogP contribution < -0.4 is 10.2 Å². The lowest BCUT2D eigenvalue weighted by Gasteiger charge is -2.38. The molecular formula is C23H29F3N2O2. The van der Waals surface area contributed by atoms with Crippen LogP contribution in [-0.4, -0.2) is 29.2 Å². The molecule has 0 radical (unpaired) electrons. The number of carbonyl (C=O) groups is 1. The van der Waals surface area contributed by atoms with E-state index in [4.69, 9.17) is 4.74 Å². The molecule has 164 valence electrons. The number of hydrogen-bond donors (Lipinski definition) is 1. The second-order valence-corrected chi connectivity index (χ2v) is 8.45. The first-order valence-corrected chi connectivity index (χ1v) is 10.4. The van der Waals surface area contributed by atoms with Crippen molar-refractivity contribution in [1.29, 1.82) is 0 Å². The zero-order valence-electron chi connectivity index (χ0n) is 17.7. The molecule has 0 unspecified atom stereocenters. The number of rotatable bonds is 8. The summed E-state index contributed by atoms with van der Waals surface area (Å²) in [5, 5.41) is 2.22. The van der Waals surface area contributed by atoms with Crippen LogP contribution >= 0.6 is 0 Å². The van der Waals surface area contributed by atoms with Crippen LogP contribution in [0.2, 0.25) is 0 Å². The number of nitrogens with one attached hydrogen (secondary N) is 1. The summed E-state index contributed by atoms with van der Waals surface area (Å²) in [7, 11) is 0. The number of ether oxygens (including phenoxy) is 1. The third kappa shape index (κ3) is 4.72. The fraction of sp³-hybridized carbons (Fsp3) is 0.522. The number of amides is 1. The summed E-state index contributed by atoms with van der Waals surface area (Å²) in [6.07, 6.45) is -0.731. The van der Waals surface area contributed by atoms with Gasteiger partial charge in [-0.25, -0.2) is 0 Å². The topological polar surface area (TPSA) is 41.6 Å². The van der Waals surface area contributed by atoms with Gasteiger partial charge in [-0.1, -0.05) is 56.5 Å². The molecule has 1 saturated heterocycles. The van der Waals surface area contributed by atoms with Gasteiger partial charge in [-0.05, 0) is 37.1 Å². The minimum atomic E-state index is -4.61. The second-order valence-electron chi connectivity index (χ2n) is 8.45. The van der Waals surface area contributed by atoms with E-state index >= 15 is 0 Å². The van der Waals surface area contributed by atoms with Crippen molar-refractivity contribution >= 4 is 16.7 Å². The van der Waals surface area contributed by atoms with E-state index in [1.54, 1.807) is 50.2 Å². The van der Waals surface area contributed by atoms with Crippen molar-refractivity contribution in [2.45, 2.75) is 70.6 Å². The van der Waals surface area contributed by atoms with E-state index in [-0.39, 0.29) is 17.7 Å². The lowest BCUT2D eigenvalue weighted by Crippen LogP contribution is -2.51. The van der Waals surface area contributed by atoms with Gasteiger partial charge in [0, 0.05) is 17.5 Å². The average molecular weight is 422 g/mol. The third-order valence-electron chi connectivity index (χ3n) is 5.52. The van der Waals surface area contributed by atoms with Crippen molar-refractivity contribution in [2.24, 2.45) is 0 Å². The lowest BCUT2D eigenvalue weighted by atomic mass is 9.93. The Morgan fingerprint density at radius 1 is 1.13 bits per heavy atom. The van der Waals surface area contributed by atoms with Gasteiger partial charge in [0.05, 0.1) is 6.61 Å². The van der Waals surface area contributed by atoms with E-state index < -0.39 is 23.7 Å². The van der Waals surface area contributed by atoms with E-state index in [0.29, 0.717) is 17.4 Å². The summed E-state index contributed by atoms with van der Waals surface area (Å²) in [5.74, 6) is -0.207. The number of nitrogens with zero attached hydrogens (tertiary/aromatic N) is 1. The molecule has 1 fully saturated rings. The number of halogens is 3. The molecule has 30 heavy (non-hydrogen) atoms. The van der Waals surface area contributed by atoms with E-state index in [1.807, 2.05) is 0 Å². The van der Waals surface area contributed by atoms with Crippen LogP contribution in [0.15, 0.2) is 36.4 Å². The first-order valence-electron chi connectivity index (χ1n) is 10.4. The van der Waals surface area contributed by atoms with E-state index in [2.05, 4.69) is 12.3 Å². The standard InChI is InChI=1S/C23H29F3N2O2/c1-4-5-6-9-14-30-18-13-12-16-10-7-8-11-17(16)20(18)21(23(24,25)26)28-22(2,3)15-19(29)27-28/h7-8,10-13,21H,4-6,9,14-15H2,1-3H3,(H,27,29)/t21-/m0/s1. The summed E-state index contributed by atoms with van der Waals surface area (Å²) in [4.78, 5) is 12.0. The molecule has 1 atom stereocenters. The SMILES string of the molecule is CCCCCCOc1ccc2ccccc2c1[C@H](N1NC(=O)CC1(C)C)C(F)(F)F. The molecule has 1 N–H and O–H groups in total. The van der Waals surface area contributed by atoms with Crippen LogP contribution in [0.5, 0.6) is 5.75 Å². The molecule has 7 heteroatoms. The maximum absolute atomic E-state index is 14.5. The molecule has 1 aliphatic rings. The molecule has 1 amide bonds. The average Bonchev–Trinajstić information content (AvgIpc) is 2.93. The van der Waals surface area contributed by atoms with Crippen molar-refractivity contribution in [2.75, 3.05) is 6.61 Å². The Morgan fingerprint density at radius 2 is 1.87 bits per heavy atom. The third-order valence-corrected chi connectivity index (χ3v) is 5.52. The molecular weight excluding hydrogens is 393 g/mol. The minimum absolute atomic E-state index is 0.00243. The number of alkyl halides is 3. The van der Waals surface area contributed by atoms with Crippen molar-refractivity contribution < 1.29 is 22.7 Å². The van der Waals surface area contributed by atoms with Gasteiger partial charge in [0.25, 0.3) is 0 Å². The molecule has 0 bridgehead atoms. The fourth-order valence-electron chi connectivity index (χ4n) is 4.05. The zero-order valence-corrected chi connectivity index (χ0v) is 17.7. The normalized spacial score (nSPS) is 17.9. The Kier molecular flexibility index (Phi) is 6.60. The summed E-state index contributed by atoms with van der Waals surface area (Å²) < 4.78 is 49.3. The number of hydrogen-bond acceptors (Lipinski definition) is 3. The van der Waals surface area contributed by atoms with Gasteiger partial charge in [-0.15, -0.1) is 0 Å². The molecule has 2 aromatic rings. The fourth-order valence-corrected chi connectivity index (χ4v) is 4.05. The Hall–Kier alpha value is -2.28. The summed E-state index contributed by atoms with van der Waals surface area (Å²) in [6.45, 7) is 5.73. The number of hydrazine groups is 1.